The molecule has 1 atom stereocenters. The first-order valence-electron chi connectivity index (χ1n) is 5.53. The zero-order chi connectivity index (χ0) is 11.4. The predicted octanol–water partition coefficient (Wildman–Crippen LogP) is 2.39. The smallest absolute Gasteiger partial charge is 0.228 e. The Morgan fingerprint density at radius 1 is 1.38 bits per heavy atom. The highest BCUT2D eigenvalue weighted by Crippen LogP contribution is 2.16. The van der Waals surface area contributed by atoms with Crippen LogP contribution in [-0.2, 0) is 4.79 Å². The van der Waals surface area contributed by atoms with Gasteiger partial charge in [-0.2, -0.15) is 0 Å². The van der Waals surface area contributed by atoms with Crippen LogP contribution in [0.2, 0.25) is 0 Å². The number of amides is 1. The van der Waals surface area contributed by atoms with Crippen LogP contribution in [0.4, 0.5) is 5.69 Å². The van der Waals surface area contributed by atoms with E-state index < -0.39 is 0 Å². The minimum Gasteiger partial charge on any atom is -0.326 e. The number of halogens is 1. The number of benzene rings is 1. The lowest BCUT2D eigenvalue weighted by Gasteiger charge is -2.21. The molecule has 1 unspecified atom stereocenters. The normalized spacial score (nSPS) is 20.4. The van der Waals surface area contributed by atoms with E-state index in [4.69, 9.17) is 0 Å². The van der Waals surface area contributed by atoms with Gasteiger partial charge in [-0.05, 0) is 43.7 Å². The second kappa shape index (κ2) is 5.46. The molecule has 0 spiro atoms. The molecule has 1 aliphatic heterocycles. The average molecular weight is 283 g/mol. The topological polar surface area (TPSA) is 41.1 Å². The molecule has 86 valence electrons. The fraction of sp³-hybridized carbons (Fsp3) is 0.417. The molecule has 2 N–H and O–H groups in total. The highest BCUT2D eigenvalue weighted by atomic mass is 79.9. The van der Waals surface area contributed by atoms with Gasteiger partial charge in [-0.25, -0.2) is 0 Å². The van der Waals surface area contributed by atoms with Crippen molar-refractivity contribution >= 4 is 27.5 Å². The van der Waals surface area contributed by atoms with Crippen LogP contribution in [-0.4, -0.2) is 19.0 Å². The van der Waals surface area contributed by atoms with Crippen LogP contribution in [0.3, 0.4) is 0 Å². The van der Waals surface area contributed by atoms with E-state index in [1.165, 1.54) is 0 Å². The van der Waals surface area contributed by atoms with E-state index in [0.717, 1.165) is 36.1 Å². The molecule has 0 aliphatic carbocycles. The van der Waals surface area contributed by atoms with Crippen LogP contribution in [0.15, 0.2) is 28.7 Å². The summed E-state index contributed by atoms with van der Waals surface area (Å²) in [6.45, 7) is 1.82. The molecular weight excluding hydrogens is 268 g/mol. The molecule has 16 heavy (non-hydrogen) atoms. The van der Waals surface area contributed by atoms with Crippen LogP contribution in [0, 0.1) is 5.92 Å². The minimum atomic E-state index is 0.109. The molecule has 1 aromatic carbocycles. The summed E-state index contributed by atoms with van der Waals surface area (Å²) < 4.78 is 1.02. The summed E-state index contributed by atoms with van der Waals surface area (Å²) in [5, 5.41) is 6.18. The Bertz CT molecular complexity index is 358. The number of carbonyl (C=O) groups is 1. The highest BCUT2D eigenvalue weighted by Gasteiger charge is 2.20. The third-order valence-electron chi connectivity index (χ3n) is 2.78. The van der Waals surface area contributed by atoms with E-state index >= 15 is 0 Å². The van der Waals surface area contributed by atoms with Gasteiger partial charge < -0.3 is 10.6 Å². The molecule has 0 saturated carbocycles. The average Bonchev–Trinajstić information content (AvgIpc) is 2.33. The van der Waals surface area contributed by atoms with E-state index in [9.17, 15) is 4.79 Å². The summed E-state index contributed by atoms with van der Waals surface area (Å²) in [7, 11) is 0. The van der Waals surface area contributed by atoms with Gasteiger partial charge in [0.05, 0.1) is 5.92 Å². The minimum absolute atomic E-state index is 0.109. The highest BCUT2D eigenvalue weighted by molar-refractivity contribution is 9.10. The quantitative estimate of drug-likeness (QED) is 0.875. The van der Waals surface area contributed by atoms with Crippen LogP contribution in [0.1, 0.15) is 12.8 Å². The van der Waals surface area contributed by atoms with Crippen molar-refractivity contribution in [1.29, 1.82) is 0 Å². The largest absolute Gasteiger partial charge is 0.326 e. The molecule has 1 heterocycles. The van der Waals surface area contributed by atoms with Gasteiger partial charge in [0.2, 0.25) is 5.91 Å². The van der Waals surface area contributed by atoms with Crippen molar-refractivity contribution in [2.24, 2.45) is 5.92 Å². The van der Waals surface area contributed by atoms with Crippen LogP contribution in [0.5, 0.6) is 0 Å². The van der Waals surface area contributed by atoms with E-state index in [0.29, 0.717) is 0 Å². The van der Waals surface area contributed by atoms with Crippen molar-refractivity contribution < 1.29 is 4.79 Å². The Morgan fingerprint density at radius 2 is 2.12 bits per heavy atom. The lowest BCUT2D eigenvalue weighted by molar-refractivity contribution is -0.120. The third kappa shape index (κ3) is 3.06. The van der Waals surface area contributed by atoms with E-state index in [1.54, 1.807) is 0 Å². The Morgan fingerprint density at radius 3 is 2.75 bits per heavy atom. The Hall–Kier alpha value is -0.870. The number of nitrogens with one attached hydrogen (secondary N) is 2. The van der Waals surface area contributed by atoms with Gasteiger partial charge in [0, 0.05) is 16.7 Å². The van der Waals surface area contributed by atoms with Gasteiger partial charge in [0.15, 0.2) is 0 Å². The molecule has 1 aromatic rings. The number of hydrogen-bond donors (Lipinski definition) is 2. The molecule has 4 heteroatoms. The number of carbonyl (C=O) groups excluding carboxylic acids is 1. The van der Waals surface area contributed by atoms with Gasteiger partial charge >= 0.3 is 0 Å². The number of hydrogen-bond acceptors (Lipinski definition) is 2. The molecular formula is C12H15BrN2O. The maximum atomic E-state index is 11.9. The van der Waals surface area contributed by atoms with Crippen molar-refractivity contribution in [3.8, 4) is 0 Å². The Balaban J connectivity index is 1.93. The zero-order valence-corrected chi connectivity index (χ0v) is 10.6. The Kier molecular flexibility index (Phi) is 3.96. The van der Waals surface area contributed by atoms with Gasteiger partial charge in [-0.1, -0.05) is 15.9 Å². The molecule has 1 aliphatic rings. The monoisotopic (exact) mass is 282 g/mol. The standard InChI is InChI=1S/C12H15BrN2O/c13-10-3-5-11(6-4-10)15-12(16)9-2-1-7-14-8-9/h3-6,9,14H,1-2,7-8H2,(H,15,16). The third-order valence-corrected chi connectivity index (χ3v) is 3.31. The zero-order valence-electron chi connectivity index (χ0n) is 9.00. The molecule has 0 bridgehead atoms. The van der Waals surface area contributed by atoms with Crippen LogP contribution < -0.4 is 10.6 Å². The van der Waals surface area contributed by atoms with E-state index in [2.05, 4.69) is 26.6 Å². The molecule has 0 radical (unpaired) electrons. The van der Waals surface area contributed by atoms with Crippen LogP contribution >= 0.6 is 15.9 Å². The summed E-state index contributed by atoms with van der Waals surface area (Å²) in [6, 6.07) is 7.65. The summed E-state index contributed by atoms with van der Waals surface area (Å²) in [5.74, 6) is 0.229. The van der Waals surface area contributed by atoms with E-state index in [1.807, 2.05) is 24.3 Å². The van der Waals surface area contributed by atoms with E-state index in [-0.39, 0.29) is 11.8 Å². The maximum absolute atomic E-state index is 11.9. The first-order valence-corrected chi connectivity index (χ1v) is 6.32. The number of rotatable bonds is 2. The maximum Gasteiger partial charge on any atom is 0.228 e. The summed E-state index contributed by atoms with van der Waals surface area (Å²) in [5.41, 5.74) is 0.860. The van der Waals surface area contributed by atoms with Crippen molar-refractivity contribution in [1.82, 2.24) is 5.32 Å². The predicted molar refractivity (Wildman–Crippen MR) is 68.4 cm³/mol. The molecule has 2 rings (SSSR count). The lowest BCUT2D eigenvalue weighted by atomic mass is 9.99. The molecule has 1 amide bonds. The summed E-state index contributed by atoms with van der Waals surface area (Å²) in [6.07, 6.45) is 2.06. The first-order chi connectivity index (χ1) is 7.75. The number of piperidine rings is 1. The lowest BCUT2D eigenvalue weighted by Crippen LogP contribution is -2.37. The SMILES string of the molecule is O=C(Nc1ccc(Br)cc1)C1CCCNC1. The second-order valence-electron chi connectivity index (χ2n) is 4.04. The molecule has 3 nitrogen and oxygen atoms in total. The van der Waals surface area contributed by atoms with Crippen molar-refractivity contribution in [3.63, 3.8) is 0 Å². The van der Waals surface area contributed by atoms with Gasteiger partial charge in [0.1, 0.15) is 0 Å². The molecule has 0 aromatic heterocycles. The summed E-state index contributed by atoms with van der Waals surface area (Å²) in [4.78, 5) is 11.9. The van der Waals surface area contributed by atoms with Gasteiger partial charge in [-0.3, -0.25) is 4.79 Å². The van der Waals surface area contributed by atoms with Crippen LogP contribution in [0.25, 0.3) is 0 Å². The fourth-order valence-corrected chi connectivity index (χ4v) is 2.12. The molecule has 1 fully saturated rings. The number of anilines is 1. The van der Waals surface area contributed by atoms with Crippen molar-refractivity contribution in [3.05, 3.63) is 28.7 Å². The van der Waals surface area contributed by atoms with Crippen molar-refractivity contribution in [2.45, 2.75) is 12.8 Å². The fourth-order valence-electron chi connectivity index (χ4n) is 1.85. The van der Waals surface area contributed by atoms with Crippen molar-refractivity contribution in [2.75, 3.05) is 18.4 Å². The van der Waals surface area contributed by atoms with Gasteiger partial charge in [0.25, 0.3) is 0 Å². The van der Waals surface area contributed by atoms with Gasteiger partial charge in [-0.15, -0.1) is 0 Å². The first kappa shape index (κ1) is 11.6. The molecule has 1 saturated heterocycles. The Labute approximate surface area is 104 Å². The summed E-state index contributed by atoms with van der Waals surface area (Å²) >= 11 is 3.37. The second-order valence-corrected chi connectivity index (χ2v) is 4.96.